The first kappa shape index (κ1) is 21.1. The predicted octanol–water partition coefficient (Wildman–Crippen LogP) is 3.62. The molecule has 0 aliphatic carbocycles. The summed E-state index contributed by atoms with van der Waals surface area (Å²) in [5.74, 6) is 7.44. The minimum absolute atomic E-state index is 0.0492. The third-order valence-electron chi connectivity index (χ3n) is 3.70. The van der Waals surface area contributed by atoms with Crippen LogP contribution < -0.4 is 20.6 Å². The molecule has 3 rings (SSSR count). The van der Waals surface area contributed by atoms with Gasteiger partial charge in [0.2, 0.25) is 11.1 Å². The molecule has 29 heavy (non-hydrogen) atoms. The molecule has 0 saturated carbocycles. The van der Waals surface area contributed by atoms with Crippen molar-refractivity contribution in [1.82, 2.24) is 14.9 Å². The maximum absolute atomic E-state index is 12.2. The lowest BCUT2D eigenvalue weighted by Crippen LogP contribution is -2.18. The highest BCUT2D eigenvalue weighted by molar-refractivity contribution is 7.99. The molecule has 0 spiro atoms. The van der Waals surface area contributed by atoms with E-state index in [4.69, 9.17) is 38.5 Å². The molecule has 0 atom stereocenters. The number of hydrogen-bond acceptors (Lipinski definition) is 7. The van der Waals surface area contributed by atoms with Crippen molar-refractivity contribution in [1.29, 1.82) is 0 Å². The molecule has 1 amide bonds. The standard InChI is InChI=1S/C18H17Cl2N5O3S/c1-27-11-4-2-5-12(8-11)28-9-15-23-24-18(25(15)21)29-10-16(26)22-17-13(19)6-3-7-14(17)20/h2-8H,9-10,21H2,1H3,(H,22,26). The maximum atomic E-state index is 12.2. The lowest BCUT2D eigenvalue weighted by molar-refractivity contribution is -0.113. The zero-order chi connectivity index (χ0) is 20.8. The Morgan fingerprint density at radius 2 is 1.86 bits per heavy atom. The van der Waals surface area contributed by atoms with E-state index in [1.165, 1.54) is 4.68 Å². The van der Waals surface area contributed by atoms with Gasteiger partial charge >= 0.3 is 0 Å². The van der Waals surface area contributed by atoms with Crippen LogP contribution in [0.2, 0.25) is 10.0 Å². The van der Waals surface area contributed by atoms with E-state index < -0.39 is 0 Å². The van der Waals surface area contributed by atoms with Crippen LogP contribution in [-0.4, -0.2) is 33.6 Å². The smallest absolute Gasteiger partial charge is 0.234 e. The predicted molar refractivity (Wildman–Crippen MR) is 113 cm³/mol. The fraction of sp³-hybridized carbons (Fsp3) is 0.167. The van der Waals surface area contributed by atoms with E-state index >= 15 is 0 Å². The van der Waals surface area contributed by atoms with Crippen LogP contribution in [0.5, 0.6) is 11.5 Å². The molecule has 3 aromatic rings. The summed E-state index contributed by atoms with van der Waals surface area (Å²) in [5.41, 5.74) is 0.364. The minimum atomic E-state index is -0.304. The molecule has 11 heteroatoms. The molecule has 8 nitrogen and oxygen atoms in total. The molecule has 152 valence electrons. The van der Waals surface area contributed by atoms with Gasteiger partial charge in [0, 0.05) is 6.07 Å². The summed E-state index contributed by atoms with van der Waals surface area (Å²) < 4.78 is 12.1. The first-order valence-corrected chi connectivity index (χ1v) is 10.0. The van der Waals surface area contributed by atoms with E-state index in [1.807, 2.05) is 12.1 Å². The number of carbonyl (C=O) groups excluding carboxylic acids is 1. The van der Waals surface area contributed by atoms with Gasteiger partial charge in [-0.25, -0.2) is 4.68 Å². The fourth-order valence-corrected chi connectivity index (χ4v) is 3.43. The molecular weight excluding hydrogens is 437 g/mol. The summed E-state index contributed by atoms with van der Waals surface area (Å²) in [7, 11) is 1.58. The van der Waals surface area contributed by atoms with Crippen molar-refractivity contribution in [3.05, 3.63) is 58.3 Å². The van der Waals surface area contributed by atoms with Crippen LogP contribution in [-0.2, 0) is 11.4 Å². The third kappa shape index (κ3) is 5.47. The van der Waals surface area contributed by atoms with Gasteiger partial charge in [-0.1, -0.05) is 47.1 Å². The molecule has 1 aromatic heterocycles. The van der Waals surface area contributed by atoms with Crippen LogP contribution >= 0.6 is 35.0 Å². The number of aromatic nitrogens is 3. The zero-order valence-electron chi connectivity index (χ0n) is 15.3. The van der Waals surface area contributed by atoms with Crippen LogP contribution in [0.1, 0.15) is 5.82 Å². The van der Waals surface area contributed by atoms with Crippen LogP contribution in [0.25, 0.3) is 0 Å². The van der Waals surface area contributed by atoms with Gasteiger partial charge in [-0.3, -0.25) is 4.79 Å². The topological polar surface area (TPSA) is 104 Å². The monoisotopic (exact) mass is 453 g/mol. The van der Waals surface area contributed by atoms with Gasteiger partial charge in [-0.2, -0.15) is 0 Å². The number of amides is 1. The van der Waals surface area contributed by atoms with Crippen molar-refractivity contribution in [2.75, 3.05) is 24.0 Å². The summed E-state index contributed by atoms with van der Waals surface area (Å²) in [6, 6.07) is 12.1. The van der Waals surface area contributed by atoms with Gasteiger partial charge in [-0.05, 0) is 24.3 Å². The number of carbonyl (C=O) groups is 1. The number of methoxy groups -OCH3 is 1. The Morgan fingerprint density at radius 1 is 1.17 bits per heavy atom. The highest BCUT2D eigenvalue weighted by atomic mass is 35.5. The average molecular weight is 454 g/mol. The number of nitrogen functional groups attached to an aromatic ring is 1. The molecule has 0 aliphatic rings. The van der Waals surface area contributed by atoms with Crippen molar-refractivity contribution < 1.29 is 14.3 Å². The summed E-state index contributed by atoms with van der Waals surface area (Å²) in [6.07, 6.45) is 0. The van der Waals surface area contributed by atoms with Gasteiger partial charge in [-0.15, -0.1) is 10.2 Å². The molecule has 0 bridgehead atoms. The van der Waals surface area contributed by atoms with E-state index in [0.717, 1.165) is 11.8 Å². The van der Waals surface area contributed by atoms with Gasteiger partial charge in [0.05, 0.1) is 28.6 Å². The SMILES string of the molecule is COc1cccc(OCc2nnc(SCC(=O)Nc3c(Cl)cccc3Cl)n2N)c1. The Balaban J connectivity index is 1.56. The second-order valence-corrected chi connectivity index (χ2v) is 7.43. The number of ether oxygens (including phenoxy) is 2. The molecular formula is C18H17Cl2N5O3S. The Morgan fingerprint density at radius 3 is 2.59 bits per heavy atom. The van der Waals surface area contributed by atoms with E-state index in [0.29, 0.717) is 38.2 Å². The summed E-state index contributed by atoms with van der Waals surface area (Å²) in [4.78, 5) is 12.2. The van der Waals surface area contributed by atoms with Gasteiger partial charge in [0.15, 0.2) is 5.82 Å². The molecule has 0 saturated heterocycles. The van der Waals surface area contributed by atoms with Gasteiger partial charge in [0.25, 0.3) is 0 Å². The summed E-state index contributed by atoms with van der Waals surface area (Å²) in [6.45, 7) is 0.110. The number of rotatable bonds is 8. The first-order chi connectivity index (χ1) is 14.0. The molecule has 1 heterocycles. The van der Waals surface area contributed by atoms with Crippen molar-refractivity contribution in [3.63, 3.8) is 0 Å². The van der Waals surface area contributed by atoms with Gasteiger partial charge < -0.3 is 20.6 Å². The number of benzene rings is 2. The first-order valence-electron chi connectivity index (χ1n) is 8.31. The van der Waals surface area contributed by atoms with E-state index in [9.17, 15) is 4.79 Å². The number of anilines is 1. The lowest BCUT2D eigenvalue weighted by atomic mass is 10.3. The second-order valence-electron chi connectivity index (χ2n) is 5.67. The number of nitrogens with two attached hydrogens (primary N) is 1. The Kier molecular flexibility index (Phi) is 7.08. The van der Waals surface area contributed by atoms with E-state index in [-0.39, 0.29) is 18.3 Å². The second kappa shape index (κ2) is 9.73. The zero-order valence-corrected chi connectivity index (χ0v) is 17.6. The third-order valence-corrected chi connectivity index (χ3v) is 5.28. The van der Waals surface area contributed by atoms with Crippen molar-refractivity contribution >= 4 is 46.6 Å². The summed E-state index contributed by atoms with van der Waals surface area (Å²) >= 11 is 13.2. The molecule has 0 radical (unpaired) electrons. The summed E-state index contributed by atoms with van der Waals surface area (Å²) in [5, 5.41) is 11.7. The van der Waals surface area contributed by atoms with Crippen LogP contribution in [0.3, 0.4) is 0 Å². The lowest BCUT2D eigenvalue weighted by Gasteiger charge is -2.09. The minimum Gasteiger partial charge on any atom is -0.497 e. The molecule has 3 N–H and O–H groups in total. The molecule has 0 aliphatic heterocycles. The number of nitrogens with one attached hydrogen (secondary N) is 1. The van der Waals surface area contributed by atoms with Crippen LogP contribution in [0, 0.1) is 0 Å². The highest BCUT2D eigenvalue weighted by Crippen LogP contribution is 2.30. The van der Waals surface area contributed by atoms with Crippen molar-refractivity contribution in [2.45, 2.75) is 11.8 Å². The van der Waals surface area contributed by atoms with Crippen LogP contribution in [0.4, 0.5) is 5.69 Å². The Hall–Kier alpha value is -2.62. The van der Waals surface area contributed by atoms with Crippen LogP contribution in [0.15, 0.2) is 47.6 Å². The Bertz CT molecular complexity index is 995. The van der Waals surface area contributed by atoms with E-state index in [1.54, 1.807) is 37.4 Å². The number of halogens is 2. The normalized spacial score (nSPS) is 10.6. The number of nitrogens with zero attached hydrogens (tertiary/aromatic N) is 3. The average Bonchev–Trinajstić information content (AvgIpc) is 3.07. The molecule has 0 unspecified atom stereocenters. The van der Waals surface area contributed by atoms with Crippen molar-refractivity contribution in [2.24, 2.45) is 0 Å². The quantitative estimate of drug-likeness (QED) is 0.396. The van der Waals surface area contributed by atoms with Gasteiger partial charge in [0.1, 0.15) is 18.1 Å². The number of para-hydroxylation sites is 1. The maximum Gasteiger partial charge on any atom is 0.234 e. The highest BCUT2D eigenvalue weighted by Gasteiger charge is 2.15. The molecule has 0 fully saturated rings. The van der Waals surface area contributed by atoms with E-state index in [2.05, 4.69) is 15.5 Å². The molecule has 2 aromatic carbocycles. The largest absolute Gasteiger partial charge is 0.497 e. The fourth-order valence-electron chi connectivity index (χ4n) is 2.27. The Labute approximate surface area is 181 Å². The van der Waals surface area contributed by atoms with Crippen molar-refractivity contribution in [3.8, 4) is 11.5 Å². The number of hydrogen-bond donors (Lipinski definition) is 2. The number of thioether (sulfide) groups is 1.